The summed E-state index contributed by atoms with van der Waals surface area (Å²) in [5.74, 6) is 0.111. The maximum Gasteiger partial charge on any atom is 0.177 e. The third kappa shape index (κ3) is 2.97. The Hall–Kier alpha value is -2.32. The minimum atomic E-state index is -0.268. The molecule has 0 saturated carbocycles. The van der Waals surface area contributed by atoms with E-state index in [2.05, 4.69) is 54.6 Å². The summed E-state index contributed by atoms with van der Waals surface area (Å²) < 4.78 is 0. The van der Waals surface area contributed by atoms with Crippen LogP contribution in [-0.4, -0.2) is 5.78 Å². The maximum atomic E-state index is 12.0. The quantitative estimate of drug-likeness (QED) is 0.490. The van der Waals surface area contributed by atoms with E-state index in [0.717, 1.165) is 10.5 Å². The van der Waals surface area contributed by atoms with Crippen LogP contribution < -0.4 is 0 Å². The zero-order chi connectivity index (χ0) is 15.4. The first kappa shape index (κ1) is 14.6. The van der Waals surface area contributed by atoms with E-state index >= 15 is 0 Å². The van der Waals surface area contributed by atoms with Crippen LogP contribution in [0.15, 0.2) is 99.6 Å². The molecule has 2 heteroatoms. The zero-order valence-electron chi connectivity index (χ0n) is 12.4. The van der Waals surface area contributed by atoms with Crippen LogP contribution in [0, 0.1) is 0 Å². The number of carbonyl (C=O) groups excluding carboxylic acids is 1. The number of carbonyl (C=O) groups is 1. The molecule has 0 aliphatic rings. The molecular weight excluding hydrogens is 288 g/mol. The lowest BCUT2D eigenvalue weighted by Gasteiger charge is -2.10. The van der Waals surface area contributed by atoms with Gasteiger partial charge in [0, 0.05) is 0 Å². The highest BCUT2D eigenvalue weighted by molar-refractivity contribution is 7.97. The number of Topliss-reactive ketones (excluding diaryl/α,β-unsaturated/α-hetero) is 1. The molecule has 3 aromatic carbocycles. The van der Waals surface area contributed by atoms with E-state index < -0.39 is 0 Å². The van der Waals surface area contributed by atoms with Gasteiger partial charge in [-0.15, -0.1) is 0 Å². The molecule has 0 amide bonds. The smallest absolute Gasteiger partial charge is 0.177 e. The summed E-state index contributed by atoms with van der Waals surface area (Å²) in [4.78, 5) is 15.6. The Morgan fingerprint density at radius 3 is 1.64 bits per heavy atom. The number of hydrogen-bond donors (Lipinski definition) is 0. The fourth-order valence-corrected chi connectivity index (χ4v) is 4.72. The van der Waals surface area contributed by atoms with Crippen molar-refractivity contribution in [1.29, 1.82) is 0 Å². The average molecular weight is 305 g/mol. The highest BCUT2D eigenvalue weighted by atomic mass is 32.2. The third-order valence-corrected chi connectivity index (χ3v) is 5.73. The van der Waals surface area contributed by atoms with E-state index in [1.807, 2.05) is 30.3 Å². The van der Waals surface area contributed by atoms with E-state index in [0.29, 0.717) is 0 Å². The maximum absolute atomic E-state index is 12.0. The first-order chi connectivity index (χ1) is 10.8. The summed E-state index contributed by atoms with van der Waals surface area (Å²) in [6.45, 7) is 1.64. The fourth-order valence-electron chi connectivity index (χ4n) is 2.44. The van der Waals surface area contributed by atoms with Gasteiger partial charge in [-0.05, 0) is 43.3 Å². The van der Waals surface area contributed by atoms with E-state index in [1.165, 1.54) is 9.79 Å². The van der Waals surface area contributed by atoms with Crippen molar-refractivity contribution in [3.05, 3.63) is 90.5 Å². The van der Waals surface area contributed by atoms with E-state index in [1.54, 1.807) is 6.92 Å². The van der Waals surface area contributed by atoms with Gasteiger partial charge in [-0.3, -0.25) is 4.79 Å². The number of hydrogen-bond acceptors (Lipinski definition) is 1. The second-order valence-electron chi connectivity index (χ2n) is 4.98. The van der Waals surface area contributed by atoms with Gasteiger partial charge >= 0.3 is 0 Å². The second kappa shape index (κ2) is 6.63. The Labute approximate surface area is 134 Å². The molecule has 0 spiro atoms. The molecule has 0 aliphatic heterocycles. The van der Waals surface area contributed by atoms with Gasteiger partial charge in [0.05, 0.1) is 5.56 Å². The van der Waals surface area contributed by atoms with Crippen LogP contribution in [0.25, 0.3) is 0 Å². The van der Waals surface area contributed by atoms with E-state index in [-0.39, 0.29) is 16.7 Å². The highest BCUT2D eigenvalue weighted by Crippen LogP contribution is 2.33. The second-order valence-corrected chi connectivity index (χ2v) is 6.98. The van der Waals surface area contributed by atoms with Crippen molar-refractivity contribution in [3.8, 4) is 0 Å². The van der Waals surface area contributed by atoms with Crippen LogP contribution in [0.3, 0.4) is 0 Å². The lowest BCUT2D eigenvalue weighted by atomic mass is 10.1. The van der Waals surface area contributed by atoms with Crippen LogP contribution in [0.1, 0.15) is 17.3 Å². The summed E-state index contributed by atoms with van der Waals surface area (Å²) in [6, 6.07) is 28.7. The molecule has 3 aromatic rings. The molecule has 22 heavy (non-hydrogen) atoms. The van der Waals surface area contributed by atoms with Crippen LogP contribution in [0.5, 0.6) is 0 Å². The van der Waals surface area contributed by atoms with Crippen LogP contribution in [0.4, 0.5) is 0 Å². The summed E-state index contributed by atoms with van der Waals surface area (Å²) in [5.41, 5.74) is 0.804. The lowest BCUT2D eigenvalue weighted by molar-refractivity contribution is 0.101. The minimum Gasteiger partial charge on any atom is -0.294 e. The van der Waals surface area contributed by atoms with Crippen molar-refractivity contribution in [2.24, 2.45) is 0 Å². The third-order valence-electron chi connectivity index (χ3n) is 3.44. The lowest BCUT2D eigenvalue weighted by Crippen LogP contribution is -2.09. The molecule has 0 atom stereocenters. The molecular formula is C20H17OS+. The topological polar surface area (TPSA) is 17.1 Å². The van der Waals surface area contributed by atoms with Gasteiger partial charge in [0.2, 0.25) is 0 Å². The van der Waals surface area contributed by atoms with Gasteiger partial charge < -0.3 is 0 Å². The van der Waals surface area contributed by atoms with Crippen molar-refractivity contribution in [2.75, 3.05) is 0 Å². The Balaban J connectivity index is 2.21. The summed E-state index contributed by atoms with van der Waals surface area (Å²) >= 11 is 0. The van der Waals surface area contributed by atoms with Crippen molar-refractivity contribution in [2.45, 2.75) is 21.6 Å². The van der Waals surface area contributed by atoms with Crippen molar-refractivity contribution < 1.29 is 4.79 Å². The Kier molecular flexibility index (Phi) is 4.40. The molecule has 0 aliphatic carbocycles. The predicted molar refractivity (Wildman–Crippen MR) is 91.5 cm³/mol. The molecule has 0 radical (unpaired) electrons. The average Bonchev–Trinajstić information content (AvgIpc) is 2.57. The first-order valence-electron chi connectivity index (χ1n) is 7.22. The van der Waals surface area contributed by atoms with E-state index in [9.17, 15) is 4.79 Å². The normalized spacial score (nSPS) is 10.6. The van der Waals surface area contributed by atoms with Gasteiger partial charge in [0.15, 0.2) is 20.5 Å². The van der Waals surface area contributed by atoms with Gasteiger partial charge in [0.25, 0.3) is 0 Å². The standard InChI is InChI=1S/C20H17OS/c1-16(21)19-14-8-9-15-20(19)22(17-10-4-2-5-11-17)18-12-6-3-7-13-18/h2-15H,1H3/q+1. The Morgan fingerprint density at radius 1 is 0.682 bits per heavy atom. The van der Waals surface area contributed by atoms with Gasteiger partial charge in [0.1, 0.15) is 10.9 Å². The SMILES string of the molecule is CC(=O)c1ccccc1[S+](c1ccccc1)c1ccccc1. The molecule has 0 unspecified atom stereocenters. The van der Waals surface area contributed by atoms with Gasteiger partial charge in [-0.2, -0.15) is 0 Å². The molecule has 0 N–H and O–H groups in total. The van der Waals surface area contributed by atoms with Crippen molar-refractivity contribution in [3.63, 3.8) is 0 Å². The zero-order valence-corrected chi connectivity index (χ0v) is 13.2. The monoisotopic (exact) mass is 305 g/mol. The summed E-state index contributed by atoms with van der Waals surface area (Å²) in [5, 5.41) is 0. The summed E-state index contributed by atoms with van der Waals surface area (Å²) in [7, 11) is -0.268. The molecule has 0 aromatic heterocycles. The molecule has 0 bridgehead atoms. The Morgan fingerprint density at radius 2 is 1.14 bits per heavy atom. The summed E-state index contributed by atoms with van der Waals surface area (Å²) in [6.07, 6.45) is 0. The largest absolute Gasteiger partial charge is 0.294 e. The van der Waals surface area contributed by atoms with Crippen LogP contribution >= 0.6 is 0 Å². The number of benzene rings is 3. The molecule has 1 nitrogen and oxygen atoms in total. The molecule has 3 rings (SSSR count). The van der Waals surface area contributed by atoms with Crippen molar-refractivity contribution in [1.82, 2.24) is 0 Å². The van der Waals surface area contributed by atoms with Gasteiger partial charge in [-0.1, -0.05) is 48.5 Å². The molecule has 0 saturated heterocycles. The van der Waals surface area contributed by atoms with Crippen LogP contribution in [-0.2, 0) is 10.9 Å². The van der Waals surface area contributed by atoms with Gasteiger partial charge in [-0.25, -0.2) is 0 Å². The van der Waals surface area contributed by atoms with Crippen molar-refractivity contribution >= 4 is 16.7 Å². The molecule has 108 valence electrons. The Bertz CT molecular complexity index is 726. The highest BCUT2D eigenvalue weighted by Gasteiger charge is 2.31. The van der Waals surface area contributed by atoms with E-state index in [4.69, 9.17) is 0 Å². The number of rotatable bonds is 4. The first-order valence-corrected chi connectivity index (χ1v) is 8.44. The minimum absolute atomic E-state index is 0.111. The van der Waals surface area contributed by atoms with Crippen LogP contribution in [0.2, 0.25) is 0 Å². The predicted octanol–water partition coefficient (Wildman–Crippen LogP) is 4.98. The molecule has 0 fully saturated rings. The number of ketones is 1. The fraction of sp³-hybridized carbons (Fsp3) is 0.0500. The molecule has 0 heterocycles.